The standard InChI is InChI=1S/C13H15ClO3/c1-3-4-5-6-17-13-11(14)7-10(9-15)8-12(13)16-2/h1,7-8,15H,4-6,9H2,2H3. The smallest absolute Gasteiger partial charge is 0.179 e. The zero-order valence-electron chi connectivity index (χ0n) is 9.70. The van der Waals surface area contributed by atoms with Crippen LogP contribution in [0.2, 0.25) is 5.02 Å². The fourth-order valence-electron chi connectivity index (χ4n) is 1.35. The van der Waals surface area contributed by atoms with Crippen LogP contribution in [0.1, 0.15) is 18.4 Å². The summed E-state index contributed by atoms with van der Waals surface area (Å²) in [6.45, 7) is 0.395. The van der Waals surface area contributed by atoms with Crippen molar-refractivity contribution in [3.8, 4) is 23.8 Å². The molecule has 1 N–H and O–H groups in total. The van der Waals surface area contributed by atoms with Crippen LogP contribution in [0.15, 0.2) is 12.1 Å². The van der Waals surface area contributed by atoms with Gasteiger partial charge in [-0.15, -0.1) is 12.3 Å². The van der Waals surface area contributed by atoms with Gasteiger partial charge in [-0.2, -0.15) is 0 Å². The van der Waals surface area contributed by atoms with Crippen molar-refractivity contribution >= 4 is 11.6 Å². The third-order valence-corrected chi connectivity index (χ3v) is 2.46. The second-order valence-corrected chi connectivity index (χ2v) is 3.83. The molecule has 92 valence electrons. The van der Waals surface area contributed by atoms with Crippen LogP contribution in [-0.4, -0.2) is 18.8 Å². The van der Waals surface area contributed by atoms with Crippen LogP contribution < -0.4 is 9.47 Å². The normalized spacial score (nSPS) is 9.76. The monoisotopic (exact) mass is 254 g/mol. The highest BCUT2D eigenvalue weighted by atomic mass is 35.5. The van der Waals surface area contributed by atoms with Gasteiger partial charge in [-0.3, -0.25) is 0 Å². The summed E-state index contributed by atoms with van der Waals surface area (Å²) in [6, 6.07) is 3.35. The van der Waals surface area contributed by atoms with Crippen molar-refractivity contribution < 1.29 is 14.6 Å². The summed E-state index contributed by atoms with van der Waals surface area (Å²) in [4.78, 5) is 0. The first kappa shape index (κ1) is 13.7. The number of aliphatic hydroxyl groups excluding tert-OH is 1. The molecule has 0 aliphatic heterocycles. The van der Waals surface area contributed by atoms with Crippen LogP contribution in [0.25, 0.3) is 0 Å². The minimum Gasteiger partial charge on any atom is -0.493 e. The molecular formula is C13H15ClO3. The van der Waals surface area contributed by atoms with E-state index < -0.39 is 0 Å². The number of hydrogen-bond acceptors (Lipinski definition) is 3. The molecule has 3 nitrogen and oxygen atoms in total. The van der Waals surface area contributed by atoms with Gasteiger partial charge in [-0.1, -0.05) is 11.6 Å². The lowest BCUT2D eigenvalue weighted by atomic mass is 10.2. The third-order valence-electron chi connectivity index (χ3n) is 2.18. The van der Waals surface area contributed by atoms with Crippen LogP contribution in [0.5, 0.6) is 11.5 Å². The van der Waals surface area contributed by atoms with Gasteiger partial charge in [0, 0.05) is 6.42 Å². The predicted molar refractivity (Wildman–Crippen MR) is 67.5 cm³/mol. The molecule has 0 heterocycles. The van der Waals surface area contributed by atoms with Crippen molar-refractivity contribution in [3.05, 3.63) is 22.7 Å². The van der Waals surface area contributed by atoms with Crippen LogP contribution in [0, 0.1) is 12.3 Å². The number of terminal acetylenes is 1. The van der Waals surface area contributed by atoms with Crippen molar-refractivity contribution in [2.75, 3.05) is 13.7 Å². The van der Waals surface area contributed by atoms with Crippen molar-refractivity contribution in [3.63, 3.8) is 0 Å². The quantitative estimate of drug-likeness (QED) is 0.627. The van der Waals surface area contributed by atoms with Crippen LogP contribution >= 0.6 is 11.6 Å². The molecule has 0 aromatic heterocycles. The molecule has 1 aromatic carbocycles. The minimum absolute atomic E-state index is 0.0898. The second kappa shape index (κ2) is 7.05. The van der Waals surface area contributed by atoms with E-state index in [1.165, 1.54) is 7.11 Å². The van der Waals surface area contributed by atoms with Gasteiger partial charge in [0.05, 0.1) is 25.3 Å². The molecule has 0 saturated carbocycles. The first-order valence-corrected chi connectivity index (χ1v) is 5.64. The van der Waals surface area contributed by atoms with E-state index in [9.17, 15) is 0 Å². The van der Waals surface area contributed by atoms with E-state index in [0.717, 1.165) is 6.42 Å². The molecule has 0 atom stereocenters. The Labute approximate surface area is 106 Å². The highest BCUT2D eigenvalue weighted by Gasteiger charge is 2.11. The van der Waals surface area contributed by atoms with E-state index in [1.807, 2.05) is 0 Å². The zero-order valence-corrected chi connectivity index (χ0v) is 10.5. The van der Waals surface area contributed by atoms with Gasteiger partial charge in [0.15, 0.2) is 11.5 Å². The van der Waals surface area contributed by atoms with E-state index in [-0.39, 0.29) is 6.61 Å². The molecule has 0 unspecified atom stereocenters. The van der Waals surface area contributed by atoms with Crippen LogP contribution in [0.4, 0.5) is 0 Å². The predicted octanol–water partition coefficient (Wildman–Crippen LogP) is 2.63. The molecule has 0 amide bonds. The van der Waals surface area contributed by atoms with E-state index in [1.54, 1.807) is 12.1 Å². The maximum Gasteiger partial charge on any atom is 0.179 e. The van der Waals surface area contributed by atoms with E-state index in [4.69, 9.17) is 32.6 Å². The number of ether oxygens (including phenoxy) is 2. The zero-order chi connectivity index (χ0) is 12.7. The molecule has 4 heteroatoms. The van der Waals surface area contributed by atoms with Gasteiger partial charge >= 0.3 is 0 Å². The Morgan fingerprint density at radius 1 is 1.47 bits per heavy atom. The van der Waals surface area contributed by atoms with E-state index >= 15 is 0 Å². The first-order chi connectivity index (χ1) is 8.22. The molecule has 0 aliphatic rings. The Morgan fingerprint density at radius 2 is 2.24 bits per heavy atom. The van der Waals surface area contributed by atoms with Gasteiger partial charge in [-0.05, 0) is 24.1 Å². The number of unbranched alkanes of at least 4 members (excludes halogenated alkanes) is 1. The van der Waals surface area contributed by atoms with Gasteiger partial charge < -0.3 is 14.6 Å². The Hall–Kier alpha value is -1.37. The van der Waals surface area contributed by atoms with Gasteiger partial charge in [0.2, 0.25) is 0 Å². The molecular weight excluding hydrogens is 240 g/mol. The molecule has 0 spiro atoms. The van der Waals surface area contributed by atoms with E-state index in [0.29, 0.717) is 35.1 Å². The average Bonchev–Trinajstić information content (AvgIpc) is 2.35. The first-order valence-electron chi connectivity index (χ1n) is 5.26. The average molecular weight is 255 g/mol. The fraction of sp³-hybridized carbons (Fsp3) is 0.385. The molecule has 1 rings (SSSR count). The van der Waals surface area contributed by atoms with Gasteiger partial charge in [0.25, 0.3) is 0 Å². The summed E-state index contributed by atoms with van der Waals surface area (Å²) >= 11 is 6.05. The number of halogens is 1. The maximum atomic E-state index is 9.04. The SMILES string of the molecule is C#CCCCOc1c(Cl)cc(CO)cc1OC. The Morgan fingerprint density at radius 3 is 2.82 bits per heavy atom. The molecule has 0 aliphatic carbocycles. The summed E-state index contributed by atoms with van der Waals surface area (Å²) < 4.78 is 10.7. The summed E-state index contributed by atoms with van der Waals surface area (Å²) in [5, 5.41) is 9.47. The number of methoxy groups -OCH3 is 1. The van der Waals surface area contributed by atoms with Crippen molar-refractivity contribution in [2.45, 2.75) is 19.4 Å². The number of aliphatic hydroxyl groups is 1. The summed E-state index contributed by atoms with van der Waals surface area (Å²) in [7, 11) is 1.53. The third kappa shape index (κ3) is 3.85. The van der Waals surface area contributed by atoms with Crippen molar-refractivity contribution in [1.29, 1.82) is 0 Å². The molecule has 17 heavy (non-hydrogen) atoms. The van der Waals surface area contributed by atoms with Crippen LogP contribution in [0.3, 0.4) is 0 Å². The number of hydrogen-bond donors (Lipinski definition) is 1. The molecule has 0 bridgehead atoms. The Bertz CT molecular complexity index is 410. The highest BCUT2D eigenvalue weighted by molar-refractivity contribution is 6.32. The summed E-state index contributed by atoms with van der Waals surface area (Å²) in [6.07, 6.45) is 6.57. The summed E-state index contributed by atoms with van der Waals surface area (Å²) in [5.41, 5.74) is 0.683. The maximum absolute atomic E-state index is 9.04. The lowest BCUT2D eigenvalue weighted by molar-refractivity contribution is 0.276. The Balaban J connectivity index is 2.79. The topological polar surface area (TPSA) is 38.7 Å². The Kier molecular flexibility index (Phi) is 5.68. The summed E-state index contributed by atoms with van der Waals surface area (Å²) in [5.74, 6) is 3.54. The van der Waals surface area contributed by atoms with Crippen molar-refractivity contribution in [2.24, 2.45) is 0 Å². The molecule has 0 fully saturated rings. The fourth-order valence-corrected chi connectivity index (χ4v) is 1.64. The van der Waals surface area contributed by atoms with E-state index in [2.05, 4.69) is 5.92 Å². The lowest BCUT2D eigenvalue weighted by Crippen LogP contribution is -2.00. The highest BCUT2D eigenvalue weighted by Crippen LogP contribution is 2.36. The van der Waals surface area contributed by atoms with Crippen LogP contribution in [-0.2, 0) is 6.61 Å². The molecule has 0 radical (unpaired) electrons. The van der Waals surface area contributed by atoms with Gasteiger partial charge in [0.1, 0.15) is 0 Å². The number of rotatable bonds is 6. The largest absolute Gasteiger partial charge is 0.493 e. The molecule has 1 aromatic rings. The number of benzene rings is 1. The minimum atomic E-state index is -0.0898. The lowest BCUT2D eigenvalue weighted by Gasteiger charge is -2.13. The van der Waals surface area contributed by atoms with Crippen molar-refractivity contribution in [1.82, 2.24) is 0 Å². The van der Waals surface area contributed by atoms with Gasteiger partial charge in [-0.25, -0.2) is 0 Å². The second-order valence-electron chi connectivity index (χ2n) is 3.42. The molecule has 0 saturated heterocycles.